The van der Waals surface area contributed by atoms with Gasteiger partial charge in [0, 0.05) is 18.2 Å². The summed E-state index contributed by atoms with van der Waals surface area (Å²) in [6.07, 6.45) is 0.143. The number of aliphatic hydroxyl groups is 1. The van der Waals surface area contributed by atoms with E-state index < -0.39 is 37.7 Å². The van der Waals surface area contributed by atoms with Crippen molar-refractivity contribution in [3.63, 3.8) is 0 Å². The lowest BCUT2D eigenvalue weighted by molar-refractivity contribution is -0.143. The minimum atomic E-state index is -4.54. The summed E-state index contributed by atoms with van der Waals surface area (Å²) in [5.41, 5.74) is 5.57. The van der Waals surface area contributed by atoms with E-state index >= 15 is 0 Å². The van der Waals surface area contributed by atoms with E-state index in [4.69, 9.17) is 19.5 Å². The van der Waals surface area contributed by atoms with E-state index in [0.717, 1.165) is 5.39 Å². The minimum Gasteiger partial charge on any atom is -0.480 e. The number of aromatic nitrogens is 4. The topological polar surface area (TPSA) is 184 Å². The molecule has 3 aromatic carbocycles. The van der Waals surface area contributed by atoms with Gasteiger partial charge in [-0.3, -0.25) is 13.9 Å². The molecule has 44 heavy (non-hydrogen) atoms. The number of imidazole rings is 1. The van der Waals surface area contributed by atoms with Gasteiger partial charge in [0.1, 0.15) is 29.2 Å². The highest BCUT2D eigenvalue weighted by Gasteiger charge is 2.48. The summed E-state index contributed by atoms with van der Waals surface area (Å²) in [6, 6.07) is 21.6. The third-order valence-electron chi connectivity index (χ3n) is 7.51. The maximum Gasteiger partial charge on any atom is 0.460 e. The lowest BCUT2D eigenvalue weighted by Gasteiger charge is -2.33. The van der Waals surface area contributed by atoms with Crippen LogP contribution in [0.4, 0.5) is 5.82 Å². The van der Waals surface area contributed by atoms with Gasteiger partial charge >= 0.3 is 13.7 Å². The number of nitrogens with two attached hydrogens (primary N) is 1. The van der Waals surface area contributed by atoms with E-state index in [2.05, 4.69) is 20.0 Å². The molecule has 1 saturated heterocycles. The predicted molar refractivity (Wildman–Crippen MR) is 162 cm³/mol. The van der Waals surface area contributed by atoms with Crippen molar-refractivity contribution in [1.29, 1.82) is 0 Å². The molecular formula is C30H31N6O7P. The molecule has 3 heterocycles. The predicted octanol–water partition coefficient (Wildman–Crippen LogP) is 4.09. The Hall–Kier alpha value is -4.39. The summed E-state index contributed by atoms with van der Waals surface area (Å²) in [6.45, 7) is 1.08. The number of hydrogen-bond acceptors (Lipinski definition) is 10. The number of carboxylic acids is 1. The van der Waals surface area contributed by atoms with Crippen LogP contribution in [-0.2, 0) is 25.0 Å². The summed E-state index contributed by atoms with van der Waals surface area (Å²) in [4.78, 5) is 25.3. The Bertz CT molecular complexity index is 1850. The fourth-order valence-electron chi connectivity index (χ4n) is 5.35. The molecule has 13 nitrogen and oxygen atoms in total. The molecule has 0 spiro atoms. The number of carboxylic acid groups (broad SMARTS) is 1. The molecule has 1 unspecified atom stereocenters. The number of anilines is 1. The number of nitrogens with zero attached hydrogens (tertiary/aromatic N) is 4. The lowest BCUT2D eigenvalue weighted by atomic mass is 9.94. The van der Waals surface area contributed by atoms with E-state index in [1.807, 2.05) is 30.3 Å². The SMILES string of the molecule is C[C@@](Cc1ccccc1)(NP(=O)(Oc1cccc2ccccc12)O[C@@H]1C[C@@H](CO)O[C@H]1n1cnc2c(N)ncnc21)C(=O)O. The van der Waals surface area contributed by atoms with Crippen molar-refractivity contribution in [1.82, 2.24) is 24.6 Å². The monoisotopic (exact) mass is 618 g/mol. The Labute approximate surface area is 252 Å². The van der Waals surface area contributed by atoms with Gasteiger partial charge in [-0.2, -0.15) is 5.09 Å². The van der Waals surface area contributed by atoms with Crippen LogP contribution in [0, 0.1) is 0 Å². The number of carbonyl (C=O) groups is 1. The van der Waals surface area contributed by atoms with Crippen LogP contribution >= 0.6 is 7.75 Å². The summed E-state index contributed by atoms with van der Waals surface area (Å²) in [5, 5.41) is 24.6. The highest BCUT2D eigenvalue weighted by Crippen LogP contribution is 2.52. The number of nitrogens with one attached hydrogen (secondary N) is 1. The van der Waals surface area contributed by atoms with Crippen LogP contribution in [-0.4, -0.2) is 60.1 Å². The van der Waals surface area contributed by atoms with Crippen molar-refractivity contribution < 1.29 is 33.4 Å². The molecule has 6 rings (SSSR count). The number of aliphatic hydroxyl groups excluding tert-OH is 1. The van der Waals surface area contributed by atoms with Crippen molar-refractivity contribution in [2.24, 2.45) is 0 Å². The molecule has 14 heteroatoms. The summed E-state index contributed by atoms with van der Waals surface area (Å²) in [7, 11) is -4.54. The fourth-order valence-corrected chi connectivity index (χ4v) is 7.24. The Balaban J connectivity index is 1.41. The number of rotatable bonds is 11. The average molecular weight is 619 g/mol. The number of ether oxygens (including phenoxy) is 1. The van der Waals surface area contributed by atoms with Crippen LogP contribution in [0.25, 0.3) is 21.9 Å². The second-order valence-electron chi connectivity index (χ2n) is 10.8. The van der Waals surface area contributed by atoms with E-state index in [1.54, 1.807) is 47.0 Å². The maximum absolute atomic E-state index is 14.9. The van der Waals surface area contributed by atoms with E-state index in [1.165, 1.54) is 19.6 Å². The number of aliphatic carboxylic acids is 1. The van der Waals surface area contributed by atoms with Crippen LogP contribution in [0.3, 0.4) is 0 Å². The molecule has 228 valence electrons. The Morgan fingerprint density at radius 1 is 1.11 bits per heavy atom. The Kier molecular flexibility index (Phi) is 8.06. The third kappa shape index (κ3) is 5.88. The third-order valence-corrected chi connectivity index (χ3v) is 9.26. The zero-order chi connectivity index (χ0) is 30.9. The van der Waals surface area contributed by atoms with Gasteiger partial charge in [-0.25, -0.2) is 19.5 Å². The smallest absolute Gasteiger partial charge is 0.460 e. The number of nitrogen functional groups attached to an aromatic ring is 1. The maximum atomic E-state index is 14.9. The number of benzene rings is 3. The molecule has 0 bridgehead atoms. The van der Waals surface area contributed by atoms with Gasteiger partial charge < -0.3 is 25.2 Å². The summed E-state index contributed by atoms with van der Waals surface area (Å²) >= 11 is 0. The lowest BCUT2D eigenvalue weighted by Crippen LogP contribution is -2.50. The molecule has 0 amide bonds. The standard InChI is InChI=1S/C30H31N6O7P/c1-30(29(38)39,15-19-8-3-2-4-9-19)35-44(40,42-23-13-7-11-20-10-5-6-12-22(20)23)43-24-14-21(16-37)41-28(24)36-18-34-25-26(31)32-17-33-27(25)36/h2-13,17-18,21,24,28,37H,14-16H2,1H3,(H,35,40)(H,38,39)(H2,31,32,33)/t21-,24+,28+,30-,44?/m0/s1. The van der Waals surface area contributed by atoms with Crippen LogP contribution in [0.5, 0.6) is 5.75 Å². The second-order valence-corrected chi connectivity index (χ2v) is 12.4. The quantitative estimate of drug-likeness (QED) is 0.156. The molecule has 5 N–H and O–H groups in total. The molecule has 1 aliphatic heterocycles. The number of hydrogen-bond donors (Lipinski definition) is 4. The van der Waals surface area contributed by atoms with Crippen LogP contribution < -0.4 is 15.3 Å². The average Bonchev–Trinajstić information content (AvgIpc) is 3.62. The molecule has 1 aliphatic rings. The van der Waals surface area contributed by atoms with Crippen molar-refractivity contribution in [2.75, 3.05) is 12.3 Å². The molecule has 0 radical (unpaired) electrons. The van der Waals surface area contributed by atoms with Gasteiger partial charge in [0.05, 0.1) is 19.0 Å². The van der Waals surface area contributed by atoms with Gasteiger partial charge in [-0.15, -0.1) is 0 Å². The van der Waals surface area contributed by atoms with Crippen molar-refractivity contribution in [2.45, 2.75) is 43.7 Å². The first-order chi connectivity index (χ1) is 21.2. The molecule has 2 aromatic heterocycles. The van der Waals surface area contributed by atoms with Gasteiger partial charge in [0.15, 0.2) is 17.7 Å². The molecule has 1 fully saturated rings. The highest BCUT2D eigenvalue weighted by molar-refractivity contribution is 7.52. The van der Waals surface area contributed by atoms with Crippen LogP contribution in [0.2, 0.25) is 0 Å². The van der Waals surface area contributed by atoms with Crippen LogP contribution in [0.1, 0.15) is 25.1 Å². The van der Waals surface area contributed by atoms with Crippen molar-refractivity contribution in [3.05, 3.63) is 91.0 Å². The first-order valence-electron chi connectivity index (χ1n) is 13.9. The normalized spacial score (nSPS) is 21.2. The fraction of sp³-hybridized carbons (Fsp3) is 0.267. The summed E-state index contributed by atoms with van der Waals surface area (Å²) in [5.74, 6) is -0.867. The first kappa shape index (κ1) is 29.7. The van der Waals surface area contributed by atoms with Gasteiger partial charge in [-0.1, -0.05) is 66.7 Å². The second kappa shape index (κ2) is 11.9. The van der Waals surface area contributed by atoms with Crippen molar-refractivity contribution in [3.8, 4) is 5.75 Å². The molecule has 5 atom stereocenters. The summed E-state index contributed by atoms with van der Waals surface area (Å²) < 4.78 is 35.0. The zero-order valence-electron chi connectivity index (χ0n) is 23.7. The highest BCUT2D eigenvalue weighted by atomic mass is 31.2. The Morgan fingerprint density at radius 2 is 1.86 bits per heavy atom. The van der Waals surface area contributed by atoms with Crippen molar-refractivity contribution >= 4 is 41.5 Å². The Morgan fingerprint density at radius 3 is 2.64 bits per heavy atom. The van der Waals surface area contributed by atoms with E-state index in [9.17, 15) is 19.6 Å². The molecule has 5 aromatic rings. The van der Waals surface area contributed by atoms with Crippen LogP contribution in [0.15, 0.2) is 85.5 Å². The minimum absolute atomic E-state index is 0.0262. The van der Waals surface area contributed by atoms with Gasteiger partial charge in [0.25, 0.3) is 0 Å². The van der Waals surface area contributed by atoms with Gasteiger partial charge in [-0.05, 0) is 23.9 Å². The van der Waals surface area contributed by atoms with E-state index in [0.29, 0.717) is 22.1 Å². The molecule has 0 aliphatic carbocycles. The first-order valence-corrected chi connectivity index (χ1v) is 15.4. The zero-order valence-corrected chi connectivity index (χ0v) is 24.6. The molecule has 0 saturated carbocycles. The number of fused-ring (bicyclic) bond motifs is 2. The largest absolute Gasteiger partial charge is 0.480 e. The van der Waals surface area contributed by atoms with E-state index in [-0.39, 0.29) is 31.0 Å². The van der Waals surface area contributed by atoms with Gasteiger partial charge in [0.2, 0.25) is 0 Å². The molecular weight excluding hydrogens is 587 g/mol.